The van der Waals surface area contributed by atoms with Gasteiger partial charge in [-0.1, -0.05) is 27.7 Å². The third-order valence-corrected chi connectivity index (χ3v) is 4.26. The number of carbonyl (C=O) groups excluding carboxylic acids is 1. The van der Waals surface area contributed by atoms with Crippen LogP contribution in [-0.4, -0.2) is 47.1 Å². The standard InChI is InChI=1S/C16H30N2O3/c1-6-11(2)18-9-12(8-14(19)20)7-13(10-18)17-15(21)16(3,4)5/h11-13H,6-10H2,1-5H3,(H,17,21)(H,19,20). The van der Waals surface area contributed by atoms with Gasteiger partial charge in [0, 0.05) is 37.0 Å². The lowest BCUT2D eigenvalue weighted by Gasteiger charge is -2.41. The second kappa shape index (κ2) is 7.25. The van der Waals surface area contributed by atoms with Gasteiger partial charge in [0.2, 0.25) is 5.91 Å². The average Bonchev–Trinajstić information content (AvgIpc) is 2.35. The molecule has 122 valence electrons. The van der Waals surface area contributed by atoms with E-state index in [1.165, 1.54) is 0 Å². The number of likely N-dealkylation sites (tertiary alicyclic amines) is 1. The molecule has 1 rings (SSSR count). The Hall–Kier alpha value is -1.10. The Balaban J connectivity index is 2.73. The van der Waals surface area contributed by atoms with Crippen LogP contribution in [0.1, 0.15) is 53.9 Å². The molecule has 21 heavy (non-hydrogen) atoms. The van der Waals surface area contributed by atoms with Gasteiger partial charge in [-0.25, -0.2) is 0 Å². The number of carbonyl (C=O) groups is 2. The Kier molecular flexibility index (Phi) is 6.20. The molecule has 0 aromatic rings. The van der Waals surface area contributed by atoms with Crippen LogP contribution in [0.3, 0.4) is 0 Å². The zero-order valence-corrected chi connectivity index (χ0v) is 14.0. The molecule has 0 aromatic carbocycles. The van der Waals surface area contributed by atoms with Gasteiger partial charge in [-0.3, -0.25) is 14.5 Å². The predicted molar refractivity (Wildman–Crippen MR) is 83.1 cm³/mol. The van der Waals surface area contributed by atoms with Crippen LogP contribution in [0, 0.1) is 11.3 Å². The summed E-state index contributed by atoms with van der Waals surface area (Å²) in [7, 11) is 0. The molecule has 1 amide bonds. The fourth-order valence-corrected chi connectivity index (χ4v) is 2.76. The van der Waals surface area contributed by atoms with Crippen molar-refractivity contribution >= 4 is 11.9 Å². The van der Waals surface area contributed by atoms with Crippen LogP contribution in [0.4, 0.5) is 0 Å². The van der Waals surface area contributed by atoms with E-state index < -0.39 is 11.4 Å². The number of piperidine rings is 1. The predicted octanol–water partition coefficient (Wildman–Crippen LogP) is 2.11. The molecule has 3 unspecified atom stereocenters. The third-order valence-electron chi connectivity index (χ3n) is 4.26. The number of amides is 1. The number of hydrogen-bond donors (Lipinski definition) is 2. The molecule has 0 saturated carbocycles. The minimum Gasteiger partial charge on any atom is -0.481 e. The molecule has 0 spiro atoms. The van der Waals surface area contributed by atoms with E-state index in [1.807, 2.05) is 20.8 Å². The van der Waals surface area contributed by atoms with Crippen LogP contribution in [-0.2, 0) is 9.59 Å². The smallest absolute Gasteiger partial charge is 0.303 e. The van der Waals surface area contributed by atoms with Gasteiger partial charge in [-0.05, 0) is 25.7 Å². The molecule has 2 N–H and O–H groups in total. The SMILES string of the molecule is CCC(C)N1CC(CC(=O)O)CC(NC(=O)C(C)(C)C)C1. The highest BCUT2D eigenvalue weighted by Crippen LogP contribution is 2.24. The van der Waals surface area contributed by atoms with Crippen LogP contribution in [0.25, 0.3) is 0 Å². The van der Waals surface area contributed by atoms with E-state index in [0.717, 1.165) is 25.9 Å². The number of carboxylic acids is 1. The molecular formula is C16H30N2O3. The van der Waals surface area contributed by atoms with Crippen molar-refractivity contribution in [3.63, 3.8) is 0 Å². The van der Waals surface area contributed by atoms with E-state index in [4.69, 9.17) is 5.11 Å². The molecule has 1 fully saturated rings. The quantitative estimate of drug-likeness (QED) is 0.815. The van der Waals surface area contributed by atoms with Gasteiger partial charge in [-0.2, -0.15) is 0 Å². The highest BCUT2D eigenvalue weighted by atomic mass is 16.4. The highest BCUT2D eigenvalue weighted by molar-refractivity contribution is 5.81. The summed E-state index contributed by atoms with van der Waals surface area (Å²) < 4.78 is 0. The zero-order valence-electron chi connectivity index (χ0n) is 14.0. The van der Waals surface area contributed by atoms with Gasteiger partial charge >= 0.3 is 5.97 Å². The van der Waals surface area contributed by atoms with Crippen molar-refractivity contribution in [3.05, 3.63) is 0 Å². The van der Waals surface area contributed by atoms with Gasteiger partial charge in [0.05, 0.1) is 0 Å². The number of rotatable bonds is 5. The van der Waals surface area contributed by atoms with Crippen molar-refractivity contribution < 1.29 is 14.7 Å². The normalized spacial score (nSPS) is 25.4. The van der Waals surface area contributed by atoms with E-state index in [2.05, 4.69) is 24.1 Å². The lowest BCUT2D eigenvalue weighted by atomic mass is 9.88. The maximum atomic E-state index is 12.2. The first kappa shape index (κ1) is 18.0. The van der Waals surface area contributed by atoms with E-state index in [9.17, 15) is 9.59 Å². The fourth-order valence-electron chi connectivity index (χ4n) is 2.76. The monoisotopic (exact) mass is 298 g/mol. The van der Waals surface area contributed by atoms with Crippen LogP contribution in [0.2, 0.25) is 0 Å². The Bertz CT molecular complexity index is 376. The second-order valence-electron chi connectivity index (χ2n) is 7.33. The van der Waals surface area contributed by atoms with Crippen molar-refractivity contribution in [1.29, 1.82) is 0 Å². The summed E-state index contributed by atoms with van der Waals surface area (Å²) in [5.41, 5.74) is -0.416. The molecule has 0 aliphatic carbocycles. The first-order valence-corrected chi connectivity index (χ1v) is 7.90. The van der Waals surface area contributed by atoms with E-state index in [0.29, 0.717) is 6.04 Å². The van der Waals surface area contributed by atoms with E-state index >= 15 is 0 Å². The highest BCUT2D eigenvalue weighted by Gasteiger charge is 2.33. The number of carboxylic acid groups (broad SMARTS) is 1. The minimum atomic E-state index is -0.758. The van der Waals surface area contributed by atoms with Crippen molar-refractivity contribution in [2.24, 2.45) is 11.3 Å². The molecule has 3 atom stereocenters. The molecule has 0 bridgehead atoms. The lowest BCUT2D eigenvalue weighted by molar-refractivity contribution is -0.138. The van der Waals surface area contributed by atoms with Crippen molar-refractivity contribution in [1.82, 2.24) is 10.2 Å². The summed E-state index contributed by atoms with van der Waals surface area (Å²) in [6, 6.07) is 0.458. The van der Waals surface area contributed by atoms with Crippen molar-refractivity contribution in [2.45, 2.75) is 66.0 Å². The summed E-state index contributed by atoms with van der Waals surface area (Å²) in [4.78, 5) is 25.5. The number of nitrogens with zero attached hydrogens (tertiary/aromatic N) is 1. The number of aliphatic carboxylic acids is 1. The van der Waals surface area contributed by atoms with Crippen molar-refractivity contribution in [3.8, 4) is 0 Å². The first-order valence-electron chi connectivity index (χ1n) is 7.90. The molecule has 5 heteroatoms. The molecule has 0 radical (unpaired) electrons. The summed E-state index contributed by atoms with van der Waals surface area (Å²) in [6.45, 7) is 11.6. The molecular weight excluding hydrogens is 268 g/mol. The van der Waals surface area contributed by atoms with Gasteiger partial charge < -0.3 is 10.4 Å². The summed E-state index contributed by atoms with van der Waals surface area (Å²) in [5.74, 6) is -0.616. The van der Waals surface area contributed by atoms with E-state index in [-0.39, 0.29) is 24.3 Å². The number of nitrogens with one attached hydrogen (secondary N) is 1. The van der Waals surface area contributed by atoms with Crippen LogP contribution >= 0.6 is 0 Å². The van der Waals surface area contributed by atoms with E-state index in [1.54, 1.807) is 0 Å². The summed E-state index contributed by atoms with van der Waals surface area (Å²) >= 11 is 0. The van der Waals surface area contributed by atoms with Crippen LogP contribution in [0.5, 0.6) is 0 Å². The molecule has 1 aliphatic rings. The first-order chi connectivity index (χ1) is 9.63. The summed E-state index contributed by atoms with van der Waals surface area (Å²) in [6.07, 6.45) is 1.95. The fraction of sp³-hybridized carbons (Fsp3) is 0.875. The van der Waals surface area contributed by atoms with Crippen LogP contribution < -0.4 is 5.32 Å². The lowest BCUT2D eigenvalue weighted by Crippen LogP contribution is -2.55. The zero-order chi connectivity index (χ0) is 16.2. The summed E-state index contributed by atoms with van der Waals surface area (Å²) in [5, 5.41) is 12.1. The third kappa shape index (κ3) is 5.65. The van der Waals surface area contributed by atoms with Gasteiger partial charge in [-0.15, -0.1) is 0 Å². The Labute approximate surface area is 128 Å². The Morgan fingerprint density at radius 2 is 1.95 bits per heavy atom. The average molecular weight is 298 g/mol. The maximum absolute atomic E-state index is 12.2. The molecule has 1 aliphatic heterocycles. The minimum absolute atomic E-state index is 0.0348. The van der Waals surface area contributed by atoms with Gasteiger partial charge in [0.1, 0.15) is 0 Å². The van der Waals surface area contributed by atoms with Crippen molar-refractivity contribution in [2.75, 3.05) is 13.1 Å². The molecule has 5 nitrogen and oxygen atoms in total. The van der Waals surface area contributed by atoms with Gasteiger partial charge in [0.15, 0.2) is 0 Å². The Morgan fingerprint density at radius 3 is 2.43 bits per heavy atom. The molecule has 1 saturated heterocycles. The molecule has 1 heterocycles. The van der Waals surface area contributed by atoms with Gasteiger partial charge in [0.25, 0.3) is 0 Å². The Morgan fingerprint density at radius 1 is 1.33 bits per heavy atom. The molecule has 0 aromatic heterocycles. The maximum Gasteiger partial charge on any atom is 0.303 e. The van der Waals surface area contributed by atoms with Crippen LogP contribution in [0.15, 0.2) is 0 Å². The number of hydrogen-bond acceptors (Lipinski definition) is 3. The second-order valence-corrected chi connectivity index (χ2v) is 7.33. The topological polar surface area (TPSA) is 69.6 Å². The largest absolute Gasteiger partial charge is 0.481 e.